The molecule has 3 nitrogen and oxygen atoms in total. The summed E-state index contributed by atoms with van der Waals surface area (Å²) < 4.78 is 10.3. The fraction of sp³-hybridized carbons (Fsp3) is 0.889. The van der Waals surface area contributed by atoms with Crippen molar-refractivity contribution in [3.8, 4) is 0 Å². The van der Waals surface area contributed by atoms with Crippen molar-refractivity contribution in [2.24, 2.45) is 5.92 Å². The third-order valence-electron chi connectivity index (χ3n) is 2.41. The van der Waals surface area contributed by atoms with Crippen LogP contribution in [0.4, 0.5) is 0 Å². The largest absolute Gasteiger partial charge is 0.463 e. The molecule has 0 spiro atoms. The van der Waals surface area contributed by atoms with Gasteiger partial charge in [-0.1, -0.05) is 0 Å². The van der Waals surface area contributed by atoms with E-state index in [1.807, 2.05) is 13.8 Å². The molecule has 2 rings (SSSR count). The summed E-state index contributed by atoms with van der Waals surface area (Å²) >= 11 is 0. The topological polar surface area (TPSA) is 38.8 Å². The number of ether oxygens (including phenoxy) is 2. The van der Waals surface area contributed by atoms with E-state index in [2.05, 4.69) is 0 Å². The Morgan fingerprint density at radius 1 is 1.42 bits per heavy atom. The summed E-state index contributed by atoms with van der Waals surface area (Å²) in [6.45, 7) is 3.76. The molecule has 3 heteroatoms. The summed E-state index contributed by atoms with van der Waals surface area (Å²) in [6, 6.07) is 0. The number of fused-ring (bicyclic) bond motifs is 1. The molecule has 68 valence electrons. The number of hydrogen-bond donors (Lipinski definition) is 0. The Hall–Kier alpha value is -0.570. The van der Waals surface area contributed by atoms with Gasteiger partial charge in [-0.25, -0.2) is 0 Å². The summed E-state index contributed by atoms with van der Waals surface area (Å²) in [7, 11) is 0. The molecule has 3 atom stereocenters. The molecule has 0 radical (unpaired) electrons. The van der Waals surface area contributed by atoms with E-state index in [-0.39, 0.29) is 18.0 Å². The lowest BCUT2D eigenvalue weighted by Gasteiger charge is -2.13. The number of epoxide rings is 1. The molecule has 0 aromatic heterocycles. The second-order valence-corrected chi connectivity index (χ2v) is 3.87. The molecule has 0 aromatic carbocycles. The van der Waals surface area contributed by atoms with Gasteiger partial charge in [0, 0.05) is 0 Å². The molecule has 2 fully saturated rings. The molecule has 1 aliphatic carbocycles. The van der Waals surface area contributed by atoms with Gasteiger partial charge in [0.1, 0.15) is 0 Å². The molecule has 0 amide bonds. The van der Waals surface area contributed by atoms with Gasteiger partial charge in [0.15, 0.2) is 0 Å². The predicted molar refractivity (Wildman–Crippen MR) is 42.6 cm³/mol. The van der Waals surface area contributed by atoms with E-state index >= 15 is 0 Å². The van der Waals surface area contributed by atoms with Crippen molar-refractivity contribution in [1.82, 2.24) is 0 Å². The highest BCUT2D eigenvalue weighted by Gasteiger charge is 2.50. The zero-order valence-corrected chi connectivity index (χ0v) is 7.45. The summed E-state index contributed by atoms with van der Waals surface area (Å²) in [6.07, 6.45) is 2.49. The third-order valence-corrected chi connectivity index (χ3v) is 2.41. The smallest absolute Gasteiger partial charge is 0.309 e. The summed E-state index contributed by atoms with van der Waals surface area (Å²) in [5.41, 5.74) is 0. The van der Waals surface area contributed by atoms with Crippen LogP contribution in [0.25, 0.3) is 0 Å². The van der Waals surface area contributed by atoms with Crippen LogP contribution < -0.4 is 0 Å². The van der Waals surface area contributed by atoms with Crippen molar-refractivity contribution in [3.63, 3.8) is 0 Å². The Bertz CT molecular complexity index is 190. The van der Waals surface area contributed by atoms with Crippen LogP contribution in [-0.4, -0.2) is 24.3 Å². The van der Waals surface area contributed by atoms with Crippen LogP contribution in [0.15, 0.2) is 0 Å². The van der Waals surface area contributed by atoms with E-state index in [4.69, 9.17) is 9.47 Å². The molecule has 0 bridgehead atoms. The van der Waals surface area contributed by atoms with Gasteiger partial charge in [-0.2, -0.15) is 0 Å². The minimum absolute atomic E-state index is 0.00958. The Balaban J connectivity index is 1.81. The second-order valence-electron chi connectivity index (χ2n) is 3.87. The van der Waals surface area contributed by atoms with Crippen LogP contribution >= 0.6 is 0 Å². The fourth-order valence-corrected chi connectivity index (χ4v) is 1.77. The average Bonchev–Trinajstić information content (AvgIpc) is 2.57. The van der Waals surface area contributed by atoms with Crippen molar-refractivity contribution >= 4 is 5.97 Å². The van der Waals surface area contributed by atoms with Gasteiger partial charge in [0.05, 0.1) is 24.2 Å². The van der Waals surface area contributed by atoms with Gasteiger partial charge in [0.25, 0.3) is 0 Å². The van der Waals surface area contributed by atoms with Crippen LogP contribution in [0, 0.1) is 5.92 Å². The molecule has 1 saturated heterocycles. The first-order valence-electron chi connectivity index (χ1n) is 4.53. The van der Waals surface area contributed by atoms with Crippen LogP contribution in [0.3, 0.4) is 0 Å². The van der Waals surface area contributed by atoms with Gasteiger partial charge in [-0.3, -0.25) is 4.79 Å². The summed E-state index contributed by atoms with van der Waals surface area (Å²) in [5.74, 6) is 0.0666. The van der Waals surface area contributed by atoms with E-state index in [9.17, 15) is 4.79 Å². The maximum Gasteiger partial charge on any atom is 0.309 e. The SMILES string of the molecule is CC(C)OC(=O)C1C[C@@H]2O[C@@H]2C1. The van der Waals surface area contributed by atoms with Crippen molar-refractivity contribution in [1.29, 1.82) is 0 Å². The number of carbonyl (C=O) groups is 1. The number of esters is 1. The number of hydrogen-bond acceptors (Lipinski definition) is 3. The maximum atomic E-state index is 11.3. The van der Waals surface area contributed by atoms with Crippen LogP contribution in [0.1, 0.15) is 26.7 Å². The van der Waals surface area contributed by atoms with Gasteiger partial charge in [-0.15, -0.1) is 0 Å². The van der Waals surface area contributed by atoms with Crippen LogP contribution in [0.5, 0.6) is 0 Å². The highest BCUT2D eigenvalue weighted by atomic mass is 16.6. The minimum atomic E-state index is -0.0409. The Morgan fingerprint density at radius 3 is 2.50 bits per heavy atom. The van der Waals surface area contributed by atoms with Crippen molar-refractivity contribution in [2.75, 3.05) is 0 Å². The molecular formula is C9H14O3. The van der Waals surface area contributed by atoms with E-state index in [1.54, 1.807) is 0 Å². The highest BCUT2D eigenvalue weighted by Crippen LogP contribution is 2.42. The van der Waals surface area contributed by atoms with E-state index in [0.717, 1.165) is 12.8 Å². The molecule has 0 aromatic rings. The van der Waals surface area contributed by atoms with Crippen LogP contribution in [0.2, 0.25) is 0 Å². The third kappa shape index (κ3) is 1.46. The zero-order chi connectivity index (χ0) is 8.72. The summed E-state index contributed by atoms with van der Waals surface area (Å²) in [5, 5.41) is 0. The first kappa shape index (κ1) is 8.05. The van der Waals surface area contributed by atoms with Gasteiger partial charge in [-0.05, 0) is 26.7 Å². The molecule has 2 aliphatic rings. The van der Waals surface area contributed by atoms with E-state index in [0.29, 0.717) is 12.2 Å². The Kier molecular flexibility index (Phi) is 1.83. The monoisotopic (exact) mass is 170 g/mol. The Labute approximate surface area is 72.0 Å². The molecule has 12 heavy (non-hydrogen) atoms. The van der Waals surface area contributed by atoms with Crippen molar-refractivity contribution in [2.45, 2.75) is 45.0 Å². The molecule has 1 heterocycles. The quantitative estimate of drug-likeness (QED) is 0.460. The average molecular weight is 170 g/mol. The van der Waals surface area contributed by atoms with Crippen LogP contribution in [-0.2, 0) is 14.3 Å². The van der Waals surface area contributed by atoms with E-state index < -0.39 is 0 Å². The first-order valence-corrected chi connectivity index (χ1v) is 4.53. The molecular weight excluding hydrogens is 156 g/mol. The lowest BCUT2D eigenvalue weighted by atomic mass is 10.1. The van der Waals surface area contributed by atoms with Gasteiger partial charge >= 0.3 is 5.97 Å². The lowest BCUT2D eigenvalue weighted by molar-refractivity contribution is -0.153. The number of carbonyl (C=O) groups excluding carboxylic acids is 1. The predicted octanol–water partition coefficient (Wildman–Crippen LogP) is 1.12. The standard InChI is InChI=1S/C9H14O3/c1-5(2)11-9(10)6-3-7-8(4-6)12-7/h5-8H,3-4H2,1-2H3/t6?,7-,8+. The molecule has 0 N–H and O–H groups in total. The van der Waals surface area contributed by atoms with Gasteiger partial charge in [0.2, 0.25) is 0 Å². The maximum absolute atomic E-state index is 11.3. The van der Waals surface area contributed by atoms with Gasteiger partial charge < -0.3 is 9.47 Å². The Morgan fingerprint density at radius 2 is 2.00 bits per heavy atom. The van der Waals surface area contributed by atoms with Crippen molar-refractivity contribution < 1.29 is 14.3 Å². The van der Waals surface area contributed by atoms with E-state index in [1.165, 1.54) is 0 Å². The highest BCUT2D eigenvalue weighted by molar-refractivity contribution is 5.73. The summed E-state index contributed by atoms with van der Waals surface area (Å²) in [4.78, 5) is 11.3. The van der Waals surface area contributed by atoms with Crippen molar-refractivity contribution in [3.05, 3.63) is 0 Å². The lowest BCUT2D eigenvalue weighted by Crippen LogP contribution is -2.20. The number of rotatable bonds is 2. The normalized spacial score (nSPS) is 38.1. The zero-order valence-electron chi connectivity index (χ0n) is 7.45. The molecule has 1 saturated carbocycles. The minimum Gasteiger partial charge on any atom is -0.463 e. The molecule has 1 aliphatic heterocycles. The first-order chi connectivity index (χ1) is 5.66. The second kappa shape index (κ2) is 2.73. The molecule has 1 unspecified atom stereocenters. The fourth-order valence-electron chi connectivity index (χ4n) is 1.77.